The first kappa shape index (κ1) is 9.79. The summed E-state index contributed by atoms with van der Waals surface area (Å²) in [7, 11) is 1.84. The van der Waals surface area contributed by atoms with Gasteiger partial charge in [-0.3, -0.25) is 9.67 Å². The Bertz CT molecular complexity index is 422. The van der Waals surface area contributed by atoms with E-state index in [0.29, 0.717) is 6.42 Å². The van der Waals surface area contributed by atoms with E-state index >= 15 is 0 Å². The molecule has 0 saturated carbocycles. The predicted octanol–water partition coefficient (Wildman–Crippen LogP) is 0.453. The van der Waals surface area contributed by atoms with Gasteiger partial charge >= 0.3 is 0 Å². The second-order valence-electron chi connectivity index (χ2n) is 3.45. The predicted molar refractivity (Wildman–Crippen MR) is 55.9 cm³/mol. The number of rotatable bonds is 3. The monoisotopic (exact) mass is 203 g/mol. The highest BCUT2D eigenvalue weighted by Gasteiger charge is 2.09. The van der Waals surface area contributed by atoms with Gasteiger partial charge in [0.2, 0.25) is 0 Å². The fourth-order valence-corrected chi connectivity index (χ4v) is 1.41. The summed E-state index contributed by atoms with van der Waals surface area (Å²) < 4.78 is 1.67. The summed E-state index contributed by atoms with van der Waals surface area (Å²) in [5.74, 6) is 0. The van der Waals surface area contributed by atoms with Gasteiger partial charge in [0.05, 0.1) is 17.4 Å². The lowest BCUT2D eigenvalue weighted by atomic mass is 10.1. The molecule has 2 aromatic rings. The van der Waals surface area contributed by atoms with E-state index in [2.05, 4.69) is 15.3 Å². The molecule has 0 aliphatic heterocycles. The summed E-state index contributed by atoms with van der Waals surface area (Å²) >= 11 is 0. The number of pyridine rings is 1. The molecule has 2 aromatic heterocycles. The van der Waals surface area contributed by atoms with Crippen LogP contribution in [0.25, 0.3) is 0 Å². The zero-order chi connectivity index (χ0) is 10.7. The van der Waals surface area contributed by atoms with E-state index in [0.717, 1.165) is 11.4 Å². The van der Waals surface area contributed by atoms with E-state index in [9.17, 15) is 0 Å². The third-order valence-corrected chi connectivity index (χ3v) is 2.15. The second-order valence-corrected chi connectivity index (χ2v) is 3.45. The first-order valence-corrected chi connectivity index (χ1v) is 4.77. The Balaban J connectivity index is 2.07. The van der Waals surface area contributed by atoms with Crippen molar-refractivity contribution in [3.05, 3.63) is 42.0 Å². The third-order valence-electron chi connectivity index (χ3n) is 2.15. The van der Waals surface area contributed by atoms with Crippen molar-refractivity contribution in [1.82, 2.24) is 20.0 Å². The number of aromatic nitrogens is 4. The Labute approximate surface area is 87.9 Å². The molecule has 15 heavy (non-hydrogen) atoms. The molecule has 0 saturated heterocycles. The molecule has 0 aliphatic rings. The molecule has 2 heterocycles. The van der Waals surface area contributed by atoms with Crippen LogP contribution in [-0.2, 0) is 13.5 Å². The Morgan fingerprint density at radius 3 is 2.93 bits per heavy atom. The minimum absolute atomic E-state index is 0.122. The van der Waals surface area contributed by atoms with Gasteiger partial charge in [0.1, 0.15) is 0 Å². The summed E-state index contributed by atoms with van der Waals surface area (Å²) in [4.78, 5) is 4.20. The van der Waals surface area contributed by atoms with E-state index in [1.807, 2.05) is 31.4 Å². The van der Waals surface area contributed by atoms with Crippen LogP contribution in [0.1, 0.15) is 17.4 Å². The molecular weight excluding hydrogens is 190 g/mol. The fraction of sp³-hybridized carbons (Fsp3) is 0.300. The van der Waals surface area contributed by atoms with Gasteiger partial charge in [0.15, 0.2) is 0 Å². The lowest BCUT2D eigenvalue weighted by molar-refractivity contribution is 0.677. The largest absolute Gasteiger partial charge is 0.322 e. The normalized spacial score (nSPS) is 12.7. The second kappa shape index (κ2) is 4.18. The standard InChI is InChI=1S/C10H13N5/c1-15-7-8(13-14-15)6-9(11)10-4-2-3-5-12-10/h2-5,7,9H,6,11H2,1H3. The highest BCUT2D eigenvalue weighted by Crippen LogP contribution is 2.11. The van der Waals surface area contributed by atoms with Gasteiger partial charge in [-0.15, -0.1) is 5.10 Å². The van der Waals surface area contributed by atoms with Crippen LogP contribution in [0.2, 0.25) is 0 Å². The topological polar surface area (TPSA) is 69.6 Å². The van der Waals surface area contributed by atoms with E-state index in [1.54, 1.807) is 10.9 Å². The first-order chi connectivity index (χ1) is 7.25. The summed E-state index contributed by atoms with van der Waals surface area (Å²) in [6.07, 6.45) is 4.26. The lowest BCUT2D eigenvalue weighted by Gasteiger charge is -2.07. The SMILES string of the molecule is Cn1cc(CC(N)c2ccccn2)nn1. The lowest BCUT2D eigenvalue weighted by Crippen LogP contribution is -2.14. The van der Waals surface area contributed by atoms with Gasteiger partial charge < -0.3 is 5.73 Å². The smallest absolute Gasteiger partial charge is 0.0846 e. The molecule has 0 aliphatic carbocycles. The van der Waals surface area contributed by atoms with Crippen LogP contribution >= 0.6 is 0 Å². The van der Waals surface area contributed by atoms with Crippen LogP contribution in [0, 0.1) is 0 Å². The quantitative estimate of drug-likeness (QED) is 0.786. The molecule has 0 fully saturated rings. The highest BCUT2D eigenvalue weighted by molar-refractivity contribution is 5.10. The minimum atomic E-state index is -0.122. The maximum atomic E-state index is 6.00. The van der Waals surface area contributed by atoms with Crippen molar-refractivity contribution in [3.8, 4) is 0 Å². The molecule has 78 valence electrons. The van der Waals surface area contributed by atoms with Crippen molar-refractivity contribution in [2.75, 3.05) is 0 Å². The number of nitrogens with two attached hydrogens (primary N) is 1. The molecule has 2 rings (SSSR count). The third kappa shape index (κ3) is 2.38. The molecule has 0 aromatic carbocycles. The highest BCUT2D eigenvalue weighted by atomic mass is 15.4. The van der Waals surface area contributed by atoms with Crippen LogP contribution in [0.5, 0.6) is 0 Å². The molecule has 1 atom stereocenters. The molecule has 5 heteroatoms. The maximum absolute atomic E-state index is 6.00. The van der Waals surface area contributed by atoms with Crippen molar-refractivity contribution < 1.29 is 0 Å². The van der Waals surface area contributed by atoms with E-state index in [4.69, 9.17) is 5.73 Å². The molecule has 0 bridgehead atoms. The zero-order valence-electron chi connectivity index (χ0n) is 8.54. The minimum Gasteiger partial charge on any atom is -0.322 e. The fourth-order valence-electron chi connectivity index (χ4n) is 1.41. The van der Waals surface area contributed by atoms with Crippen LogP contribution in [-0.4, -0.2) is 20.0 Å². The van der Waals surface area contributed by atoms with Crippen LogP contribution in [0.3, 0.4) is 0 Å². The number of aryl methyl sites for hydroxylation is 1. The van der Waals surface area contributed by atoms with Crippen LogP contribution in [0.4, 0.5) is 0 Å². The maximum Gasteiger partial charge on any atom is 0.0846 e. The molecule has 1 unspecified atom stereocenters. The van der Waals surface area contributed by atoms with E-state index in [1.165, 1.54) is 0 Å². The molecule has 0 spiro atoms. The number of hydrogen-bond acceptors (Lipinski definition) is 4. The molecule has 0 radical (unpaired) electrons. The van der Waals surface area contributed by atoms with Crippen molar-refractivity contribution in [1.29, 1.82) is 0 Å². The van der Waals surface area contributed by atoms with Gasteiger partial charge in [-0.2, -0.15) is 0 Å². The summed E-state index contributed by atoms with van der Waals surface area (Å²) in [6, 6.07) is 5.60. The number of nitrogens with zero attached hydrogens (tertiary/aromatic N) is 4. The van der Waals surface area contributed by atoms with Gasteiger partial charge in [0.25, 0.3) is 0 Å². The Morgan fingerprint density at radius 1 is 1.47 bits per heavy atom. The number of hydrogen-bond donors (Lipinski definition) is 1. The van der Waals surface area contributed by atoms with Gasteiger partial charge in [-0.25, -0.2) is 0 Å². The van der Waals surface area contributed by atoms with Crippen molar-refractivity contribution >= 4 is 0 Å². The van der Waals surface area contributed by atoms with Crippen molar-refractivity contribution in [2.24, 2.45) is 12.8 Å². The van der Waals surface area contributed by atoms with Crippen molar-refractivity contribution in [3.63, 3.8) is 0 Å². The molecular formula is C10H13N5. The molecule has 5 nitrogen and oxygen atoms in total. The first-order valence-electron chi connectivity index (χ1n) is 4.77. The summed E-state index contributed by atoms with van der Waals surface area (Å²) in [5.41, 5.74) is 7.76. The molecule has 2 N–H and O–H groups in total. The average molecular weight is 203 g/mol. The average Bonchev–Trinajstić information content (AvgIpc) is 2.65. The van der Waals surface area contributed by atoms with Crippen LogP contribution < -0.4 is 5.73 Å². The Kier molecular flexibility index (Phi) is 2.73. The summed E-state index contributed by atoms with van der Waals surface area (Å²) in [5, 5.41) is 7.84. The van der Waals surface area contributed by atoms with Gasteiger partial charge in [-0.05, 0) is 12.1 Å². The van der Waals surface area contributed by atoms with E-state index in [-0.39, 0.29) is 6.04 Å². The Hall–Kier alpha value is -1.75. The van der Waals surface area contributed by atoms with Gasteiger partial charge in [0, 0.05) is 25.9 Å². The molecule has 0 amide bonds. The Morgan fingerprint density at radius 2 is 2.33 bits per heavy atom. The van der Waals surface area contributed by atoms with Crippen LogP contribution in [0.15, 0.2) is 30.6 Å². The van der Waals surface area contributed by atoms with E-state index < -0.39 is 0 Å². The van der Waals surface area contributed by atoms with Crippen molar-refractivity contribution in [2.45, 2.75) is 12.5 Å². The van der Waals surface area contributed by atoms with Gasteiger partial charge in [-0.1, -0.05) is 11.3 Å². The summed E-state index contributed by atoms with van der Waals surface area (Å²) in [6.45, 7) is 0. The zero-order valence-corrected chi connectivity index (χ0v) is 8.54.